The molecule has 4 aliphatic rings. The van der Waals surface area contributed by atoms with Gasteiger partial charge < -0.3 is 19.9 Å². The zero-order valence-electron chi connectivity index (χ0n) is 19.9. The zero-order valence-corrected chi connectivity index (χ0v) is 19.9. The van der Waals surface area contributed by atoms with Crippen LogP contribution in [0.3, 0.4) is 0 Å². The lowest BCUT2D eigenvalue weighted by molar-refractivity contribution is -0.135. The molecule has 1 aliphatic carbocycles. The minimum Gasteiger partial charge on any atom is -0.494 e. The summed E-state index contributed by atoms with van der Waals surface area (Å²) in [6.45, 7) is 1.45. The quantitative estimate of drug-likeness (QED) is 0.726. The molecule has 0 aromatic heterocycles. The van der Waals surface area contributed by atoms with Gasteiger partial charge in [-0.2, -0.15) is 0 Å². The Hall–Kier alpha value is -3.35. The molecule has 4 bridgehead atoms. The summed E-state index contributed by atoms with van der Waals surface area (Å²) in [4.78, 5) is 44.3. The molecule has 182 valence electrons. The molecule has 1 saturated heterocycles. The van der Waals surface area contributed by atoms with Crippen molar-refractivity contribution in [2.75, 3.05) is 31.1 Å². The van der Waals surface area contributed by atoms with E-state index in [4.69, 9.17) is 4.74 Å². The lowest BCUT2D eigenvalue weighted by Crippen LogP contribution is -2.48. The molecule has 3 heterocycles. The molecule has 7 heteroatoms. The second-order valence-corrected chi connectivity index (χ2v) is 10.2. The van der Waals surface area contributed by atoms with Crippen molar-refractivity contribution in [2.24, 2.45) is 5.92 Å². The molecule has 2 fully saturated rings. The summed E-state index contributed by atoms with van der Waals surface area (Å²) in [5.41, 5.74) is 1.67. The van der Waals surface area contributed by atoms with Gasteiger partial charge in [0.15, 0.2) is 0 Å². The Morgan fingerprint density at radius 3 is 2.77 bits per heavy atom. The summed E-state index contributed by atoms with van der Waals surface area (Å²) >= 11 is 0. The van der Waals surface area contributed by atoms with Gasteiger partial charge in [-0.3, -0.25) is 14.4 Å². The van der Waals surface area contributed by atoms with E-state index in [-0.39, 0.29) is 24.3 Å². The summed E-state index contributed by atoms with van der Waals surface area (Å²) in [7, 11) is 0. The van der Waals surface area contributed by atoms with Crippen LogP contribution >= 0.6 is 0 Å². The fourth-order valence-corrected chi connectivity index (χ4v) is 6.30. The number of fused-ring (bicyclic) bond motifs is 6. The van der Waals surface area contributed by atoms with Crippen LogP contribution in [-0.2, 0) is 19.8 Å². The number of likely N-dealkylation sites (tertiary alicyclic amines) is 1. The molecule has 7 nitrogen and oxygen atoms in total. The van der Waals surface area contributed by atoms with Crippen molar-refractivity contribution in [3.8, 4) is 5.75 Å². The SMILES string of the molecule is O=C1CN2C(=O)[C@]3(CCN(C(=O)CC4CCC4)[C@H]3c3cccc(c3)OCCCN1)c1ccccc12. The van der Waals surface area contributed by atoms with Gasteiger partial charge in [0, 0.05) is 25.2 Å². The van der Waals surface area contributed by atoms with Gasteiger partial charge >= 0.3 is 0 Å². The van der Waals surface area contributed by atoms with Gasteiger partial charge in [0.25, 0.3) is 0 Å². The predicted octanol–water partition coefficient (Wildman–Crippen LogP) is 3.33. The lowest BCUT2D eigenvalue weighted by atomic mass is 9.72. The van der Waals surface area contributed by atoms with E-state index in [1.807, 2.05) is 53.4 Å². The molecule has 0 radical (unpaired) electrons. The Morgan fingerprint density at radius 2 is 1.94 bits per heavy atom. The highest BCUT2D eigenvalue weighted by molar-refractivity contribution is 6.12. The molecule has 2 atom stereocenters. The van der Waals surface area contributed by atoms with E-state index >= 15 is 0 Å². The average Bonchev–Trinajstić information content (AvgIpc) is 3.34. The molecular weight excluding hydrogens is 442 g/mol. The minimum atomic E-state index is -0.922. The summed E-state index contributed by atoms with van der Waals surface area (Å²) < 4.78 is 5.98. The molecule has 1 N–H and O–H groups in total. The van der Waals surface area contributed by atoms with Crippen LogP contribution in [0, 0.1) is 5.92 Å². The van der Waals surface area contributed by atoms with Crippen LogP contribution in [0.15, 0.2) is 48.5 Å². The molecule has 3 amide bonds. The van der Waals surface area contributed by atoms with Crippen LogP contribution in [0.5, 0.6) is 5.75 Å². The van der Waals surface area contributed by atoms with Gasteiger partial charge in [0.1, 0.15) is 17.7 Å². The van der Waals surface area contributed by atoms with Crippen LogP contribution in [0.2, 0.25) is 0 Å². The van der Waals surface area contributed by atoms with Crippen molar-refractivity contribution in [2.45, 2.75) is 50.0 Å². The van der Waals surface area contributed by atoms with Crippen molar-refractivity contribution in [1.29, 1.82) is 0 Å². The normalized spacial score (nSPS) is 26.2. The second-order valence-electron chi connectivity index (χ2n) is 10.2. The summed E-state index contributed by atoms with van der Waals surface area (Å²) in [6.07, 6.45) is 5.12. The van der Waals surface area contributed by atoms with Crippen molar-refractivity contribution < 1.29 is 19.1 Å². The highest BCUT2D eigenvalue weighted by Gasteiger charge is 2.61. The van der Waals surface area contributed by atoms with Gasteiger partial charge in [0.2, 0.25) is 17.7 Å². The van der Waals surface area contributed by atoms with Gasteiger partial charge in [-0.25, -0.2) is 0 Å². The van der Waals surface area contributed by atoms with Crippen LogP contribution in [0.1, 0.15) is 55.7 Å². The third-order valence-electron chi connectivity index (χ3n) is 8.22. The van der Waals surface area contributed by atoms with Crippen LogP contribution < -0.4 is 15.0 Å². The first-order valence-corrected chi connectivity index (χ1v) is 12.8. The minimum absolute atomic E-state index is 0.0266. The Labute approximate surface area is 205 Å². The number of benzene rings is 2. The zero-order chi connectivity index (χ0) is 24.0. The van der Waals surface area contributed by atoms with E-state index in [1.165, 1.54) is 6.42 Å². The van der Waals surface area contributed by atoms with E-state index < -0.39 is 11.5 Å². The fraction of sp³-hybridized carbons (Fsp3) is 0.464. The number of hydrogen-bond acceptors (Lipinski definition) is 4. The number of amides is 3. The first kappa shape index (κ1) is 22.1. The number of anilines is 1. The maximum absolute atomic E-state index is 14.3. The molecule has 2 aromatic carbocycles. The van der Waals surface area contributed by atoms with E-state index in [1.54, 1.807) is 4.90 Å². The molecule has 3 aliphatic heterocycles. The van der Waals surface area contributed by atoms with E-state index in [2.05, 4.69) is 5.32 Å². The van der Waals surface area contributed by atoms with Crippen LogP contribution in [-0.4, -0.2) is 48.9 Å². The van der Waals surface area contributed by atoms with E-state index in [9.17, 15) is 14.4 Å². The third kappa shape index (κ3) is 3.60. The third-order valence-corrected chi connectivity index (χ3v) is 8.22. The summed E-state index contributed by atoms with van der Waals surface area (Å²) in [5.74, 6) is 0.994. The van der Waals surface area contributed by atoms with Crippen LogP contribution in [0.4, 0.5) is 5.69 Å². The Balaban J connectivity index is 1.50. The maximum atomic E-state index is 14.3. The maximum Gasteiger partial charge on any atom is 0.240 e. The van der Waals surface area contributed by atoms with Gasteiger partial charge in [-0.15, -0.1) is 0 Å². The second kappa shape index (κ2) is 8.70. The van der Waals surface area contributed by atoms with Crippen molar-refractivity contribution >= 4 is 23.4 Å². The molecule has 1 spiro atoms. The standard InChI is InChI=1S/C28H31N3O4/c32-24-18-31-23-11-2-1-10-22(23)28(27(31)34)12-14-30(25(33)16-19-6-3-7-19)26(28)20-8-4-9-21(17-20)35-15-5-13-29-24/h1-2,4,8-11,17,19,26H,3,5-7,12-16,18H2,(H,29,32)/t26-,28+/m0/s1. The molecule has 0 unspecified atom stereocenters. The number of ether oxygens (including phenoxy) is 1. The lowest BCUT2D eigenvalue weighted by Gasteiger charge is -2.36. The Bertz CT molecular complexity index is 1180. The van der Waals surface area contributed by atoms with Crippen molar-refractivity contribution in [3.63, 3.8) is 0 Å². The number of carbonyl (C=O) groups is 3. The monoisotopic (exact) mass is 473 g/mol. The number of rotatable bonds is 2. The topological polar surface area (TPSA) is 79.0 Å². The smallest absolute Gasteiger partial charge is 0.240 e. The van der Waals surface area contributed by atoms with Gasteiger partial charge in [-0.05, 0) is 60.9 Å². The molecule has 2 aromatic rings. The first-order valence-electron chi connectivity index (χ1n) is 12.8. The van der Waals surface area contributed by atoms with Crippen molar-refractivity contribution in [1.82, 2.24) is 10.2 Å². The predicted molar refractivity (Wildman–Crippen MR) is 131 cm³/mol. The number of nitrogens with one attached hydrogen (secondary N) is 1. The van der Waals surface area contributed by atoms with E-state index in [0.717, 1.165) is 35.4 Å². The summed E-state index contributed by atoms with van der Waals surface area (Å²) in [5, 5.41) is 2.92. The van der Waals surface area contributed by atoms with Gasteiger partial charge in [0.05, 0.1) is 12.6 Å². The van der Waals surface area contributed by atoms with E-state index in [0.29, 0.717) is 44.9 Å². The van der Waals surface area contributed by atoms with Crippen molar-refractivity contribution in [3.05, 3.63) is 59.7 Å². The number of carbonyl (C=O) groups excluding carboxylic acids is 3. The van der Waals surface area contributed by atoms with Crippen LogP contribution in [0.25, 0.3) is 0 Å². The number of para-hydroxylation sites is 1. The molecule has 35 heavy (non-hydrogen) atoms. The van der Waals surface area contributed by atoms with Gasteiger partial charge in [-0.1, -0.05) is 36.8 Å². The first-order chi connectivity index (χ1) is 17.1. The average molecular weight is 474 g/mol. The molecule has 6 rings (SSSR count). The largest absolute Gasteiger partial charge is 0.494 e. The highest BCUT2D eigenvalue weighted by atomic mass is 16.5. The Kier molecular flexibility index (Phi) is 5.50. The Morgan fingerprint density at radius 1 is 1.09 bits per heavy atom. The fourth-order valence-electron chi connectivity index (χ4n) is 6.30. The molecular formula is C28H31N3O4. The number of nitrogens with zero attached hydrogens (tertiary/aromatic N) is 2. The highest BCUT2D eigenvalue weighted by Crippen LogP contribution is 2.57. The number of hydrogen-bond donors (Lipinski definition) is 1. The molecule has 1 saturated carbocycles. The summed E-state index contributed by atoms with van der Waals surface area (Å²) in [6, 6.07) is 15.2.